The number of amides is 1. The lowest BCUT2D eigenvalue weighted by molar-refractivity contribution is -0.119. The van der Waals surface area contributed by atoms with Gasteiger partial charge in [0.1, 0.15) is 11.5 Å². The van der Waals surface area contributed by atoms with E-state index in [0.717, 1.165) is 11.1 Å². The van der Waals surface area contributed by atoms with Crippen molar-refractivity contribution in [2.75, 3.05) is 6.54 Å². The van der Waals surface area contributed by atoms with Crippen molar-refractivity contribution in [2.45, 2.75) is 20.0 Å². The zero-order valence-corrected chi connectivity index (χ0v) is 11.1. The van der Waals surface area contributed by atoms with Crippen molar-refractivity contribution < 1.29 is 9.18 Å². The maximum absolute atomic E-state index is 13.0. The molecule has 7 heteroatoms. The van der Waals surface area contributed by atoms with Gasteiger partial charge < -0.3 is 11.1 Å². The zero-order valence-electron chi connectivity index (χ0n) is 11.1. The third-order valence-corrected chi connectivity index (χ3v) is 2.88. The van der Waals surface area contributed by atoms with Gasteiger partial charge >= 0.3 is 0 Å². The topological polar surface area (TPSA) is 85.8 Å². The molecule has 2 aromatic rings. The summed E-state index contributed by atoms with van der Waals surface area (Å²) in [7, 11) is 0. The van der Waals surface area contributed by atoms with E-state index >= 15 is 0 Å². The van der Waals surface area contributed by atoms with Gasteiger partial charge in [-0.15, -0.1) is 5.10 Å². The molecular weight excluding hydrogens is 261 g/mol. The molecule has 2 rings (SSSR count). The third kappa shape index (κ3) is 3.61. The van der Waals surface area contributed by atoms with Crippen LogP contribution in [0.5, 0.6) is 0 Å². The van der Waals surface area contributed by atoms with E-state index in [-0.39, 0.29) is 18.3 Å². The molecule has 1 amide bonds. The number of hydrogen-bond acceptors (Lipinski definition) is 4. The normalized spacial score (nSPS) is 10.6. The second-order valence-electron chi connectivity index (χ2n) is 4.46. The number of aryl methyl sites for hydroxylation is 1. The van der Waals surface area contributed by atoms with E-state index in [4.69, 9.17) is 5.73 Å². The maximum atomic E-state index is 13.0. The highest BCUT2D eigenvalue weighted by molar-refractivity contribution is 5.77. The van der Waals surface area contributed by atoms with Crippen LogP contribution in [0, 0.1) is 12.7 Å². The minimum atomic E-state index is -0.255. The summed E-state index contributed by atoms with van der Waals surface area (Å²) in [6.45, 7) is 2.59. The van der Waals surface area contributed by atoms with E-state index in [0.29, 0.717) is 18.8 Å². The molecule has 1 aromatic heterocycles. The summed E-state index contributed by atoms with van der Waals surface area (Å²) in [5.41, 5.74) is 7.66. The van der Waals surface area contributed by atoms with Gasteiger partial charge in [0.25, 0.3) is 0 Å². The minimum absolute atomic E-state index is 0.0527. The van der Waals surface area contributed by atoms with Gasteiger partial charge in [0.15, 0.2) is 0 Å². The summed E-state index contributed by atoms with van der Waals surface area (Å²) in [5.74, 6) is -0.496. The smallest absolute Gasteiger partial charge is 0.234 e. The Balaban J connectivity index is 2.00. The van der Waals surface area contributed by atoms with Gasteiger partial charge in [-0.2, -0.15) is 0 Å². The summed E-state index contributed by atoms with van der Waals surface area (Å²) in [5, 5.41) is 10.5. The highest BCUT2D eigenvalue weighted by Gasteiger charge is 2.05. The molecular formula is C13H16FN5O. The monoisotopic (exact) mass is 277 g/mol. The Kier molecular flexibility index (Phi) is 4.41. The van der Waals surface area contributed by atoms with Crippen LogP contribution in [0.2, 0.25) is 0 Å². The van der Waals surface area contributed by atoms with Crippen LogP contribution < -0.4 is 11.1 Å². The lowest BCUT2D eigenvalue weighted by Crippen LogP contribution is -2.29. The van der Waals surface area contributed by atoms with Gasteiger partial charge in [0.05, 0.1) is 25.8 Å². The molecule has 0 atom stereocenters. The first kappa shape index (κ1) is 14.1. The van der Waals surface area contributed by atoms with Crippen molar-refractivity contribution >= 4 is 5.91 Å². The van der Waals surface area contributed by atoms with Crippen LogP contribution in [0.15, 0.2) is 24.4 Å². The molecule has 1 heterocycles. The summed E-state index contributed by atoms with van der Waals surface area (Å²) in [4.78, 5) is 11.0. The lowest BCUT2D eigenvalue weighted by atomic mass is 10.1. The van der Waals surface area contributed by atoms with Crippen LogP contribution in [-0.2, 0) is 17.9 Å². The highest BCUT2D eigenvalue weighted by atomic mass is 19.1. The first-order valence-corrected chi connectivity index (χ1v) is 6.19. The second-order valence-corrected chi connectivity index (χ2v) is 4.46. The van der Waals surface area contributed by atoms with Crippen molar-refractivity contribution in [1.82, 2.24) is 20.3 Å². The van der Waals surface area contributed by atoms with Crippen molar-refractivity contribution in [2.24, 2.45) is 5.73 Å². The van der Waals surface area contributed by atoms with Gasteiger partial charge in [-0.1, -0.05) is 11.3 Å². The van der Waals surface area contributed by atoms with Crippen LogP contribution in [0.1, 0.15) is 16.8 Å². The average molecular weight is 277 g/mol. The number of carbonyl (C=O) groups excluding carboxylic acids is 1. The Morgan fingerprint density at radius 3 is 3.00 bits per heavy atom. The summed E-state index contributed by atoms with van der Waals surface area (Å²) in [6.07, 6.45) is 1.74. The van der Waals surface area contributed by atoms with Gasteiger partial charge in [-0.05, 0) is 30.2 Å². The van der Waals surface area contributed by atoms with E-state index in [2.05, 4.69) is 15.6 Å². The molecule has 0 radical (unpaired) electrons. The van der Waals surface area contributed by atoms with Crippen LogP contribution in [-0.4, -0.2) is 27.4 Å². The number of halogens is 1. The second kappa shape index (κ2) is 6.25. The van der Waals surface area contributed by atoms with Crippen LogP contribution in [0.25, 0.3) is 0 Å². The van der Waals surface area contributed by atoms with Crippen molar-refractivity contribution in [1.29, 1.82) is 0 Å². The summed E-state index contributed by atoms with van der Waals surface area (Å²) < 4.78 is 14.7. The minimum Gasteiger partial charge on any atom is -0.349 e. The van der Waals surface area contributed by atoms with Gasteiger partial charge in [0.2, 0.25) is 5.91 Å². The van der Waals surface area contributed by atoms with E-state index in [1.807, 2.05) is 6.92 Å². The summed E-state index contributed by atoms with van der Waals surface area (Å²) >= 11 is 0. The molecule has 0 bridgehead atoms. The maximum Gasteiger partial charge on any atom is 0.234 e. The number of nitrogens with two attached hydrogens (primary N) is 1. The number of carbonyl (C=O) groups is 1. The van der Waals surface area contributed by atoms with Crippen LogP contribution in [0.3, 0.4) is 0 Å². The molecule has 0 unspecified atom stereocenters. The molecule has 0 spiro atoms. The quantitative estimate of drug-likeness (QED) is 0.825. The predicted octanol–water partition coefficient (Wildman–Crippen LogP) is 0.349. The highest BCUT2D eigenvalue weighted by Crippen LogP contribution is 2.11. The first-order valence-electron chi connectivity index (χ1n) is 6.19. The van der Waals surface area contributed by atoms with Crippen LogP contribution >= 0.6 is 0 Å². The van der Waals surface area contributed by atoms with E-state index in [1.165, 1.54) is 12.1 Å². The van der Waals surface area contributed by atoms with Gasteiger partial charge in [0, 0.05) is 0 Å². The predicted molar refractivity (Wildman–Crippen MR) is 71.2 cm³/mol. The molecule has 0 aliphatic rings. The molecule has 0 fully saturated rings. The number of aromatic nitrogens is 3. The first-order chi connectivity index (χ1) is 9.58. The number of benzene rings is 1. The largest absolute Gasteiger partial charge is 0.349 e. The third-order valence-electron chi connectivity index (χ3n) is 2.88. The number of rotatable bonds is 5. The SMILES string of the molecule is Cc1cc(F)ccc1Cn1cc(CNC(=O)CN)nn1. The van der Waals surface area contributed by atoms with E-state index in [9.17, 15) is 9.18 Å². The Labute approximate surface area is 115 Å². The number of nitrogens with one attached hydrogen (secondary N) is 1. The average Bonchev–Trinajstić information content (AvgIpc) is 2.87. The van der Waals surface area contributed by atoms with Gasteiger partial charge in [-0.25, -0.2) is 9.07 Å². The molecule has 0 aliphatic carbocycles. The molecule has 20 heavy (non-hydrogen) atoms. The standard InChI is InChI=1S/C13H16FN5O/c1-9-4-11(14)3-2-10(9)7-19-8-12(17-18-19)6-16-13(20)5-15/h2-4,8H,5-7,15H2,1H3,(H,16,20). The Hall–Kier alpha value is -2.28. The van der Waals surface area contributed by atoms with E-state index < -0.39 is 0 Å². The molecule has 3 N–H and O–H groups in total. The lowest BCUT2D eigenvalue weighted by Gasteiger charge is -2.05. The Bertz CT molecular complexity index is 611. The molecule has 1 aromatic carbocycles. The van der Waals surface area contributed by atoms with Crippen molar-refractivity contribution in [3.05, 3.63) is 47.0 Å². The van der Waals surface area contributed by atoms with Crippen molar-refractivity contribution in [3.63, 3.8) is 0 Å². The fraction of sp³-hybridized carbons (Fsp3) is 0.308. The van der Waals surface area contributed by atoms with Crippen LogP contribution in [0.4, 0.5) is 4.39 Å². The van der Waals surface area contributed by atoms with Crippen molar-refractivity contribution in [3.8, 4) is 0 Å². The molecule has 0 aliphatic heterocycles. The number of hydrogen-bond donors (Lipinski definition) is 2. The fourth-order valence-corrected chi connectivity index (χ4v) is 1.77. The fourth-order valence-electron chi connectivity index (χ4n) is 1.77. The molecule has 106 valence electrons. The van der Waals surface area contributed by atoms with E-state index in [1.54, 1.807) is 16.9 Å². The number of nitrogens with zero attached hydrogens (tertiary/aromatic N) is 3. The summed E-state index contributed by atoms with van der Waals surface area (Å²) in [6, 6.07) is 4.62. The zero-order chi connectivity index (χ0) is 14.5. The molecule has 0 saturated heterocycles. The Morgan fingerprint density at radius 1 is 1.50 bits per heavy atom. The molecule has 6 nitrogen and oxygen atoms in total. The van der Waals surface area contributed by atoms with Gasteiger partial charge in [-0.3, -0.25) is 4.79 Å². The Morgan fingerprint density at radius 2 is 2.30 bits per heavy atom. The molecule has 0 saturated carbocycles.